The van der Waals surface area contributed by atoms with Crippen LogP contribution in [0.1, 0.15) is 44.1 Å². The summed E-state index contributed by atoms with van der Waals surface area (Å²) in [7, 11) is 2.11. The monoisotopic (exact) mass is 243 g/mol. The highest BCUT2D eigenvalue weighted by atomic mass is 14.9. The van der Waals surface area contributed by atoms with Gasteiger partial charge in [-0.25, -0.2) is 0 Å². The van der Waals surface area contributed by atoms with Gasteiger partial charge in [-0.1, -0.05) is 42.8 Å². The van der Waals surface area contributed by atoms with Gasteiger partial charge < -0.3 is 5.32 Å². The van der Waals surface area contributed by atoms with Crippen molar-refractivity contribution in [3.05, 3.63) is 48.6 Å². The molecule has 0 bridgehead atoms. The van der Waals surface area contributed by atoms with Gasteiger partial charge in [0, 0.05) is 11.5 Å². The van der Waals surface area contributed by atoms with Crippen LogP contribution < -0.4 is 5.32 Å². The number of likely N-dealkylation sites (N-methyl/N-ethyl adjacent to an activating group) is 1. The van der Waals surface area contributed by atoms with Gasteiger partial charge in [0.25, 0.3) is 0 Å². The molecule has 1 heteroatoms. The molecule has 0 saturated heterocycles. The predicted octanol–water partition coefficient (Wildman–Crippen LogP) is 4.05. The lowest BCUT2D eigenvalue weighted by Gasteiger charge is -2.48. The molecule has 18 heavy (non-hydrogen) atoms. The minimum atomic E-state index is 0.386. The molecule has 1 aromatic rings. The maximum Gasteiger partial charge on any atom is 0.0161 e. The molecule has 1 aliphatic rings. The summed E-state index contributed by atoms with van der Waals surface area (Å²) in [4.78, 5) is 0. The lowest BCUT2D eigenvalue weighted by Crippen LogP contribution is -2.51. The largest absolute Gasteiger partial charge is 0.316 e. The average Bonchev–Trinajstić information content (AvgIpc) is 2.37. The molecule has 0 aromatic heterocycles. The zero-order valence-corrected chi connectivity index (χ0v) is 11.5. The van der Waals surface area contributed by atoms with E-state index in [0.717, 1.165) is 6.42 Å². The summed E-state index contributed by atoms with van der Waals surface area (Å²) in [6, 6.07) is 11.7. The van der Waals surface area contributed by atoms with Crippen LogP contribution in [-0.2, 0) is 5.41 Å². The minimum absolute atomic E-state index is 0.386. The van der Waals surface area contributed by atoms with Gasteiger partial charge in [0.05, 0.1) is 0 Å². The lowest BCUT2D eigenvalue weighted by molar-refractivity contribution is 0.166. The van der Waals surface area contributed by atoms with E-state index in [1.54, 1.807) is 0 Å². The van der Waals surface area contributed by atoms with Crippen LogP contribution in [0.3, 0.4) is 0 Å². The van der Waals surface area contributed by atoms with Crippen molar-refractivity contribution in [1.82, 2.24) is 5.32 Å². The zero-order valence-electron chi connectivity index (χ0n) is 11.5. The number of rotatable bonds is 7. The Labute approximate surface area is 111 Å². The first-order valence-corrected chi connectivity index (χ1v) is 7.17. The molecule has 0 aliphatic heterocycles. The molecule has 0 radical (unpaired) electrons. The Kier molecular flexibility index (Phi) is 4.60. The summed E-state index contributed by atoms with van der Waals surface area (Å²) < 4.78 is 0. The van der Waals surface area contributed by atoms with E-state index in [9.17, 15) is 0 Å². The van der Waals surface area contributed by atoms with Crippen molar-refractivity contribution in [3.63, 3.8) is 0 Å². The highest BCUT2D eigenvalue weighted by Gasteiger charge is 2.44. The predicted molar refractivity (Wildman–Crippen MR) is 78.9 cm³/mol. The second-order valence-electron chi connectivity index (χ2n) is 5.44. The van der Waals surface area contributed by atoms with Crippen molar-refractivity contribution in [2.45, 2.75) is 50.0 Å². The molecule has 1 nitrogen and oxygen atoms in total. The van der Waals surface area contributed by atoms with E-state index in [1.807, 2.05) is 6.08 Å². The number of nitrogens with one attached hydrogen (secondary N) is 1. The van der Waals surface area contributed by atoms with Crippen molar-refractivity contribution in [2.24, 2.45) is 0 Å². The fourth-order valence-electron chi connectivity index (χ4n) is 3.33. The Morgan fingerprint density at radius 3 is 2.56 bits per heavy atom. The van der Waals surface area contributed by atoms with E-state index in [4.69, 9.17) is 0 Å². The van der Waals surface area contributed by atoms with Gasteiger partial charge in [-0.15, -0.1) is 6.58 Å². The third-order valence-electron chi connectivity index (χ3n) is 4.51. The molecule has 1 saturated carbocycles. The number of unbranched alkanes of at least 4 members (excludes halogenated alkanes) is 1. The minimum Gasteiger partial charge on any atom is -0.316 e. The fraction of sp³-hybridized carbons (Fsp3) is 0.529. The maximum atomic E-state index is 3.82. The van der Waals surface area contributed by atoms with Crippen LogP contribution in [0.5, 0.6) is 0 Å². The third kappa shape index (κ3) is 2.51. The van der Waals surface area contributed by atoms with Gasteiger partial charge in [-0.2, -0.15) is 0 Å². The van der Waals surface area contributed by atoms with Gasteiger partial charge in [0.15, 0.2) is 0 Å². The Morgan fingerprint density at radius 1 is 1.33 bits per heavy atom. The van der Waals surface area contributed by atoms with Crippen LogP contribution >= 0.6 is 0 Å². The van der Waals surface area contributed by atoms with Gasteiger partial charge in [0.2, 0.25) is 0 Å². The molecule has 0 heterocycles. The highest BCUT2D eigenvalue weighted by molar-refractivity contribution is 5.30. The maximum absolute atomic E-state index is 3.82. The Morgan fingerprint density at radius 2 is 2.06 bits per heavy atom. The second kappa shape index (κ2) is 6.19. The molecule has 1 fully saturated rings. The topological polar surface area (TPSA) is 12.0 Å². The SMILES string of the molecule is C=CCCCC(NC)C1(c2ccccc2)CCC1. The summed E-state index contributed by atoms with van der Waals surface area (Å²) in [5.41, 5.74) is 1.91. The van der Waals surface area contributed by atoms with E-state index in [2.05, 4.69) is 49.3 Å². The normalized spacial score (nSPS) is 18.9. The van der Waals surface area contributed by atoms with Crippen LogP contribution in [-0.4, -0.2) is 13.1 Å². The summed E-state index contributed by atoms with van der Waals surface area (Å²) in [5.74, 6) is 0. The average molecular weight is 243 g/mol. The molecular weight excluding hydrogens is 218 g/mol. The Bertz CT molecular complexity index is 364. The molecule has 1 unspecified atom stereocenters. The molecule has 0 amide bonds. The van der Waals surface area contributed by atoms with Gasteiger partial charge in [0.1, 0.15) is 0 Å². The molecular formula is C17H25N. The van der Waals surface area contributed by atoms with Crippen LogP contribution in [0, 0.1) is 0 Å². The molecule has 98 valence electrons. The third-order valence-corrected chi connectivity index (χ3v) is 4.51. The zero-order chi connectivity index (χ0) is 12.8. The standard InChI is InChI=1S/C17H25N/c1-3-4-6-12-16(18-2)17(13-9-14-17)15-10-7-5-8-11-15/h3,5,7-8,10-11,16,18H,1,4,6,9,12-14H2,2H3. The number of benzene rings is 1. The van der Waals surface area contributed by atoms with Crippen LogP contribution in [0.2, 0.25) is 0 Å². The van der Waals surface area contributed by atoms with Crippen molar-refractivity contribution in [2.75, 3.05) is 7.05 Å². The summed E-state index contributed by atoms with van der Waals surface area (Å²) in [6.45, 7) is 3.82. The lowest BCUT2D eigenvalue weighted by atomic mass is 9.59. The molecule has 1 aromatic carbocycles. The molecule has 0 spiro atoms. The van der Waals surface area contributed by atoms with Crippen molar-refractivity contribution >= 4 is 0 Å². The fourth-order valence-corrected chi connectivity index (χ4v) is 3.33. The smallest absolute Gasteiger partial charge is 0.0161 e. The van der Waals surface area contributed by atoms with Crippen LogP contribution in [0.25, 0.3) is 0 Å². The number of hydrogen-bond acceptors (Lipinski definition) is 1. The molecule has 1 aliphatic carbocycles. The Hall–Kier alpha value is -1.08. The van der Waals surface area contributed by atoms with Crippen molar-refractivity contribution in [3.8, 4) is 0 Å². The molecule has 1 N–H and O–H groups in total. The quantitative estimate of drug-likeness (QED) is 0.562. The Balaban J connectivity index is 2.12. The van der Waals surface area contributed by atoms with Gasteiger partial charge >= 0.3 is 0 Å². The first kappa shape index (κ1) is 13.4. The van der Waals surface area contributed by atoms with Crippen LogP contribution in [0.15, 0.2) is 43.0 Å². The first-order valence-electron chi connectivity index (χ1n) is 7.17. The summed E-state index contributed by atoms with van der Waals surface area (Å²) in [6.07, 6.45) is 9.68. The molecule has 2 rings (SSSR count). The van der Waals surface area contributed by atoms with Crippen molar-refractivity contribution < 1.29 is 0 Å². The van der Waals surface area contributed by atoms with Crippen molar-refractivity contribution in [1.29, 1.82) is 0 Å². The van der Waals surface area contributed by atoms with E-state index in [-0.39, 0.29) is 0 Å². The van der Waals surface area contributed by atoms with E-state index < -0.39 is 0 Å². The second-order valence-corrected chi connectivity index (χ2v) is 5.44. The van der Waals surface area contributed by atoms with Gasteiger partial charge in [-0.05, 0) is 44.7 Å². The van der Waals surface area contributed by atoms with Crippen LogP contribution in [0.4, 0.5) is 0 Å². The van der Waals surface area contributed by atoms with E-state index >= 15 is 0 Å². The van der Waals surface area contributed by atoms with E-state index in [0.29, 0.717) is 11.5 Å². The number of hydrogen-bond donors (Lipinski definition) is 1. The highest BCUT2D eigenvalue weighted by Crippen LogP contribution is 2.47. The molecule has 1 atom stereocenters. The summed E-state index contributed by atoms with van der Waals surface area (Å²) >= 11 is 0. The summed E-state index contributed by atoms with van der Waals surface area (Å²) in [5, 5.41) is 3.57. The van der Waals surface area contributed by atoms with Gasteiger partial charge in [-0.3, -0.25) is 0 Å². The number of allylic oxidation sites excluding steroid dienone is 1. The first-order chi connectivity index (χ1) is 8.83. The van der Waals surface area contributed by atoms with E-state index in [1.165, 1.54) is 37.7 Å².